The Hall–Kier alpha value is -2.03. The van der Waals surface area contributed by atoms with Crippen LogP contribution in [0, 0.1) is 6.92 Å². The molecule has 0 spiro atoms. The Balaban J connectivity index is 1.94. The van der Waals surface area contributed by atoms with Gasteiger partial charge in [-0.1, -0.05) is 0 Å². The highest BCUT2D eigenvalue weighted by Gasteiger charge is 2.33. The zero-order valence-electron chi connectivity index (χ0n) is 14.3. The molecule has 2 heterocycles. The number of aromatic nitrogens is 1. The maximum atomic E-state index is 12.5. The quantitative estimate of drug-likeness (QED) is 0.594. The number of halogens is 3. The smallest absolute Gasteiger partial charge is 0.434 e. The van der Waals surface area contributed by atoms with Gasteiger partial charge < -0.3 is 15.1 Å². The molecule has 0 saturated carbocycles. The molecule has 2 rings (SSSR count). The molecule has 1 atom stereocenters. The van der Waals surface area contributed by atoms with Crippen molar-refractivity contribution in [1.82, 2.24) is 15.6 Å². The van der Waals surface area contributed by atoms with Crippen LogP contribution in [0.2, 0.25) is 0 Å². The number of alkyl halides is 3. The zero-order valence-corrected chi connectivity index (χ0v) is 15.1. The Morgan fingerprint density at radius 3 is 2.72 bits per heavy atom. The summed E-state index contributed by atoms with van der Waals surface area (Å²) in [5.74, 6) is 2.20. The summed E-state index contributed by atoms with van der Waals surface area (Å²) in [5.41, 5.74) is -0.844. The molecule has 25 heavy (non-hydrogen) atoms. The van der Waals surface area contributed by atoms with E-state index in [1.165, 1.54) is 0 Å². The van der Waals surface area contributed by atoms with Gasteiger partial charge in [-0.05, 0) is 32.9 Å². The molecule has 2 aromatic heterocycles. The van der Waals surface area contributed by atoms with Crippen LogP contribution in [0.1, 0.15) is 42.1 Å². The number of aliphatic imine (C=N–C) groups is 1. The Labute approximate surface area is 148 Å². The molecule has 2 aromatic rings. The van der Waals surface area contributed by atoms with E-state index < -0.39 is 11.9 Å². The molecule has 0 aromatic carbocycles. The van der Waals surface area contributed by atoms with Gasteiger partial charge in [-0.2, -0.15) is 13.2 Å². The van der Waals surface area contributed by atoms with Crippen LogP contribution in [0.25, 0.3) is 0 Å². The molecule has 0 bridgehead atoms. The second kappa shape index (κ2) is 8.37. The molecular weight excluding hydrogens is 353 g/mol. The summed E-state index contributed by atoms with van der Waals surface area (Å²) in [7, 11) is 0. The molecule has 0 aliphatic heterocycles. The maximum Gasteiger partial charge on any atom is 0.434 e. The number of hydrogen-bond acceptors (Lipinski definition) is 4. The van der Waals surface area contributed by atoms with E-state index in [0.29, 0.717) is 30.5 Å². The number of hydrogen-bond donors (Lipinski definition) is 2. The topological polar surface area (TPSA) is 62.5 Å². The number of rotatable bonds is 6. The van der Waals surface area contributed by atoms with E-state index in [9.17, 15) is 13.2 Å². The van der Waals surface area contributed by atoms with Crippen molar-refractivity contribution >= 4 is 17.3 Å². The molecule has 0 aliphatic rings. The van der Waals surface area contributed by atoms with E-state index in [0.717, 1.165) is 28.2 Å². The minimum atomic E-state index is -4.40. The molecule has 138 valence electrons. The van der Waals surface area contributed by atoms with Gasteiger partial charge >= 0.3 is 6.18 Å². The lowest BCUT2D eigenvalue weighted by atomic mass is 10.2. The number of thiazole rings is 1. The van der Waals surface area contributed by atoms with Crippen LogP contribution in [0.4, 0.5) is 13.2 Å². The van der Waals surface area contributed by atoms with Crippen LogP contribution in [0.15, 0.2) is 26.9 Å². The van der Waals surface area contributed by atoms with Gasteiger partial charge in [-0.25, -0.2) is 4.98 Å². The monoisotopic (exact) mass is 374 g/mol. The third-order valence-corrected chi connectivity index (χ3v) is 4.23. The second-order valence-electron chi connectivity index (χ2n) is 5.45. The van der Waals surface area contributed by atoms with Crippen LogP contribution in [-0.2, 0) is 12.6 Å². The molecule has 1 unspecified atom stereocenters. The highest BCUT2D eigenvalue weighted by Crippen LogP contribution is 2.30. The summed E-state index contributed by atoms with van der Waals surface area (Å²) in [5, 5.41) is 7.77. The number of nitrogens with zero attached hydrogens (tertiary/aromatic N) is 2. The SMILES string of the molecule is CCNC(=NCCc1nc(C(F)(F)F)cs1)NC(C)c1ccc(C)o1. The normalized spacial score (nSPS) is 13.8. The van der Waals surface area contributed by atoms with E-state index in [2.05, 4.69) is 20.6 Å². The summed E-state index contributed by atoms with van der Waals surface area (Å²) in [6.45, 7) is 6.77. The fraction of sp³-hybridized carbons (Fsp3) is 0.500. The van der Waals surface area contributed by atoms with Crippen molar-refractivity contribution < 1.29 is 17.6 Å². The van der Waals surface area contributed by atoms with Crippen molar-refractivity contribution in [3.05, 3.63) is 39.7 Å². The average molecular weight is 374 g/mol. The second-order valence-corrected chi connectivity index (χ2v) is 6.39. The predicted octanol–water partition coefficient (Wildman–Crippen LogP) is 3.92. The Kier molecular flexibility index (Phi) is 6.46. The van der Waals surface area contributed by atoms with E-state index >= 15 is 0 Å². The van der Waals surface area contributed by atoms with Crippen molar-refractivity contribution in [2.45, 2.75) is 39.4 Å². The first-order valence-corrected chi connectivity index (χ1v) is 8.80. The van der Waals surface area contributed by atoms with E-state index in [1.807, 2.05) is 32.9 Å². The lowest BCUT2D eigenvalue weighted by Gasteiger charge is -2.16. The van der Waals surface area contributed by atoms with Crippen LogP contribution >= 0.6 is 11.3 Å². The van der Waals surface area contributed by atoms with Crippen molar-refractivity contribution in [2.75, 3.05) is 13.1 Å². The molecule has 9 heteroatoms. The van der Waals surface area contributed by atoms with Gasteiger partial charge in [-0.3, -0.25) is 4.99 Å². The van der Waals surface area contributed by atoms with Gasteiger partial charge in [0.25, 0.3) is 0 Å². The zero-order chi connectivity index (χ0) is 18.4. The predicted molar refractivity (Wildman–Crippen MR) is 91.8 cm³/mol. The average Bonchev–Trinajstić information content (AvgIpc) is 3.16. The first kappa shape index (κ1) is 19.3. The van der Waals surface area contributed by atoms with E-state index in [-0.39, 0.29) is 6.04 Å². The minimum Gasteiger partial charge on any atom is -0.464 e. The lowest BCUT2D eigenvalue weighted by Crippen LogP contribution is -2.38. The summed E-state index contributed by atoms with van der Waals surface area (Å²) in [6, 6.07) is 3.70. The summed E-state index contributed by atoms with van der Waals surface area (Å²) >= 11 is 0.999. The third kappa shape index (κ3) is 5.77. The molecule has 0 saturated heterocycles. The summed E-state index contributed by atoms with van der Waals surface area (Å²) in [6.07, 6.45) is -4.04. The van der Waals surface area contributed by atoms with Gasteiger partial charge in [0.2, 0.25) is 0 Å². The van der Waals surface area contributed by atoms with Crippen LogP contribution < -0.4 is 10.6 Å². The van der Waals surface area contributed by atoms with Gasteiger partial charge in [-0.15, -0.1) is 11.3 Å². The molecule has 0 aliphatic carbocycles. The number of guanidine groups is 1. The highest BCUT2D eigenvalue weighted by atomic mass is 32.1. The van der Waals surface area contributed by atoms with Gasteiger partial charge in [0.1, 0.15) is 11.5 Å². The van der Waals surface area contributed by atoms with Gasteiger partial charge in [0.05, 0.1) is 11.0 Å². The van der Waals surface area contributed by atoms with E-state index in [4.69, 9.17) is 4.42 Å². The summed E-state index contributed by atoms with van der Waals surface area (Å²) in [4.78, 5) is 7.99. The fourth-order valence-corrected chi connectivity index (χ4v) is 2.90. The molecule has 2 N–H and O–H groups in total. The first-order chi connectivity index (χ1) is 11.8. The van der Waals surface area contributed by atoms with Crippen LogP contribution in [0.3, 0.4) is 0 Å². The van der Waals surface area contributed by atoms with Crippen LogP contribution in [0.5, 0.6) is 0 Å². The Morgan fingerprint density at radius 2 is 2.16 bits per heavy atom. The number of furan rings is 1. The van der Waals surface area contributed by atoms with Crippen molar-refractivity contribution in [1.29, 1.82) is 0 Å². The number of nitrogens with one attached hydrogen (secondary N) is 2. The summed E-state index contributed by atoms with van der Waals surface area (Å²) < 4.78 is 43.2. The molecule has 0 radical (unpaired) electrons. The molecule has 5 nitrogen and oxygen atoms in total. The van der Waals surface area contributed by atoms with Crippen molar-refractivity contribution in [3.63, 3.8) is 0 Å². The lowest BCUT2D eigenvalue weighted by molar-refractivity contribution is -0.140. The van der Waals surface area contributed by atoms with E-state index in [1.54, 1.807) is 0 Å². The van der Waals surface area contributed by atoms with Crippen LogP contribution in [-0.4, -0.2) is 24.0 Å². The minimum absolute atomic E-state index is 0.0804. The number of aryl methyl sites for hydroxylation is 1. The standard InChI is InChI=1S/C16H21F3N4OS/c1-4-20-15(22-11(3)12-6-5-10(2)24-12)21-8-7-14-23-13(9-25-14)16(17,18)19/h5-6,9,11H,4,7-8H2,1-3H3,(H2,20,21,22). The first-order valence-electron chi connectivity index (χ1n) is 7.92. The third-order valence-electron chi connectivity index (χ3n) is 3.32. The Morgan fingerprint density at radius 1 is 1.40 bits per heavy atom. The molecular formula is C16H21F3N4OS. The molecule has 0 fully saturated rings. The maximum absolute atomic E-state index is 12.5. The van der Waals surface area contributed by atoms with Gasteiger partial charge in [0.15, 0.2) is 11.7 Å². The highest BCUT2D eigenvalue weighted by molar-refractivity contribution is 7.09. The largest absolute Gasteiger partial charge is 0.464 e. The Bertz CT molecular complexity index is 708. The fourth-order valence-electron chi connectivity index (χ4n) is 2.10. The van der Waals surface area contributed by atoms with Crippen molar-refractivity contribution in [3.8, 4) is 0 Å². The van der Waals surface area contributed by atoms with Crippen molar-refractivity contribution in [2.24, 2.45) is 4.99 Å². The molecule has 0 amide bonds. The van der Waals surface area contributed by atoms with Gasteiger partial charge in [0, 0.05) is 24.9 Å².